The number of nitrogens with zero attached hydrogens (tertiary/aromatic N) is 2. The molecule has 4 aromatic rings. The molecule has 2 aromatic heterocycles. The third kappa shape index (κ3) is 2.59. The Morgan fingerprint density at radius 3 is 2.65 bits per heavy atom. The number of benzene rings is 2. The molecule has 0 atom stereocenters. The fourth-order valence-electron chi connectivity index (χ4n) is 2.90. The summed E-state index contributed by atoms with van der Waals surface area (Å²) in [5.41, 5.74) is 3.53. The van der Waals surface area contributed by atoms with Gasteiger partial charge in [-0.25, -0.2) is 0 Å². The van der Waals surface area contributed by atoms with E-state index in [2.05, 4.69) is 44.1 Å². The summed E-state index contributed by atoms with van der Waals surface area (Å²) in [6.45, 7) is 0.793. The van der Waals surface area contributed by atoms with Crippen molar-refractivity contribution in [2.45, 2.75) is 13.0 Å². The third-order valence-electron chi connectivity index (χ3n) is 4.07. The second kappa shape index (κ2) is 5.85. The van der Waals surface area contributed by atoms with E-state index in [0.717, 1.165) is 24.4 Å². The number of fused-ring (bicyclic) bond motifs is 1. The predicted molar refractivity (Wildman–Crippen MR) is 94.9 cm³/mol. The molecule has 2 heterocycles. The van der Waals surface area contributed by atoms with Gasteiger partial charge in [-0.1, -0.05) is 48.5 Å². The van der Waals surface area contributed by atoms with E-state index in [1.54, 1.807) is 0 Å². The molecular formula is C18H16N4S. The number of nitrogens with one attached hydrogen (secondary N) is 2. The lowest BCUT2D eigenvalue weighted by Crippen LogP contribution is -2.03. The summed E-state index contributed by atoms with van der Waals surface area (Å²) in [7, 11) is 0. The van der Waals surface area contributed by atoms with Gasteiger partial charge in [0.15, 0.2) is 10.6 Å². The van der Waals surface area contributed by atoms with Crippen LogP contribution in [0.25, 0.3) is 22.3 Å². The Morgan fingerprint density at radius 1 is 1.00 bits per heavy atom. The summed E-state index contributed by atoms with van der Waals surface area (Å²) in [5, 5.41) is 8.56. The fraction of sp³-hybridized carbons (Fsp3) is 0.111. The number of aryl methyl sites for hydroxylation is 1. The molecule has 23 heavy (non-hydrogen) atoms. The summed E-state index contributed by atoms with van der Waals surface area (Å²) in [6, 6.07) is 18.5. The van der Waals surface area contributed by atoms with Gasteiger partial charge in [0.05, 0.1) is 0 Å². The van der Waals surface area contributed by atoms with Crippen LogP contribution in [0.1, 0.15) is 5.56 Å². The van der Waals surface area contributed by atoms with E-state index < -0.39 is 0 Å². The summed E-state index contributed by atoms with van der Waals surface area (Å²) in [4.78, 5) is 3.32. The highest BCUT2D eigenvalue weighted by Gasteiger charge is 2.10. The molecule has 0 saturated heterocycles. The van der Waals surface area contributed by atoms with Crippen molar-refractivity contribution in [1.29, 1.82) is 0 Å². The van der Waals surface area contributed by atoms with Gasteiger partial charge in [-0.15, -0.1) is 0 Å². The van der Waals surface area contributed by atoms with Crippen LogP contribution in [0.5, 0.6) is 0 Å². The molecule has 0 bridgehead atoms. The summed E-state index contributed by atoms with van der Waals surface area (Å²) >= 11 is 5.40. The van der Waals surface area contributed by atoms with Gasteiger partial charge >= 0.3 is 0 Å². The first-order chi connectivity index (χ1) is 11.3. The van der Waals surface area contributed by atoms with Crippen molar-refractivity contribution >= 4 is 23.1 Å². The van der Waals surface area contributed by atoms with E-state index in [1.165, 1.54) is 16.5 Å². The molecule has 5 heteroatoms. The van der Waals surface area contributed by atoms with Crippen LogP contribution in [0.4, 0.5) is 0 Å². The third-order valence-corrected chi connectivity index (χ3v) is 4.38. The Morgan fingerprint density at radius 2 is 1.78 bits per heavy atom. The van der Waals surface area contributed by atoms with Crippen LogP contribution in [0.2, 0.25) is 0 Å². The van der Waals surface area contributed by atoms with Gasteiger partial charge in [0, 0.05) is 29.2 Å². The lowest BCUT2D eigenvalue weighted by atomic mass is 10.1. The highest BCUT2D eigenvalue weighted by Crippen LogP contribution is 2.21. The van der Waals surface area contributed by atoms with Crippen molar-refractivity contribution in [3.63, 3.8) is 0 Å². The average Bonchev–Trinajstić information content (AvgIpc) is 3.17. The van der Waals surface area contributed by atoms with Crippen molar-refractivity contribution in [3.05, 3.63) is 71.1 Å². The van der Waals surface area contributed by atoms with Crippen LogP contribution >= 0.6 is 12.2 Å². The maximum Gasteiger partial charge on any atom is 0.195 e. The normalized spacial score (nSPS) is 11.1. The zero-order valence-corrected chi connectivity index (χ0v) is 13.3. The first-order valence-electron chi connectivity index (χ1n) is 7.58. The minimum atomic E-state index is 0.656. The smallest absolute Gasteiger partial charge is 0.195 e. The molecule has 0 unspecified atom stereocenters. The van der Waals surface area contributed by atoms with Gasteiger partial charge in [-0.3, -0.25) is 9.67 Å². The van der Waals surface area contributed by atoms with Crippen molar-refractivity contribution in [2.24, 2.45) is 0 Å². The van der Waals surface area contributed by atoms with Crippen LogP contribution in [0, 0.1) is 4.77 Å². The molecule has 0 saturated carbocycles. The molecular weight excluding hydrogens is 304 g/mol. The molecule has 0 amide bonds. The van der Waals surface area contributed by atoms with Gasteiger partial charge in [0.1, 0.15) is 0 Å². The van der Waals surface area contributed by atoms with Crippen molar-refractivity contribution in [2.75, 3.05) is 0 Å². The zero-order chi connectivity index (χ0) is 15.6. The summed E-state index contributed by atoms with van der Waals surface area (Å²) in [5.74, 6) is 0.885. The molecule has 0 aliphatic rings. The van der Waals surface area contributed by atoms with E-state index in [9.17, 15) is 0 Å². The summed E-state index contributed by atoms with van der Waals surface area (Å²) in [6.07, 6.45) is 2.98. The Kier molecular flexibility index (Phi) is 3.55. The van der Waals surface area contributed by atoms with Crippen LogP contribution in [-0.2, 0) is 13.0 Å². The van der Waals surface area contributed by atoms with Crippen molar-refractivity contribution < 1.29 is 0 Å². The topological polar surface area (TPSA) is 49.4 Å². The Hall–Kier alpha value is -2.66. The van der Waals surface area contributed by atoms with E-state index in [-0.39, 0.29) is 0 Å². The minimum absolute atomic E-state index is 0.656. The first-order valence-corrected chi connectivity index (χ1v) is 7.99. The SMILES string of the molecule is S=c1[nH]nc(-c2ccccc2)n1CCc1c[nH]c2ccccc12. The maximum absolute atomic E-state index is 5.40. The molecule has 4 nitrogen and oxygen atoms in total. The predicted octanol–water partition coefficient (Wildman–Crippen LogP) is 4.33. The van der Waals surface area contributed by atoms with Gasteiger partial charge in [0.2, 0.25) is 0 Å². The molecule has 0 spiro atoms. The molecule has 0 aliphatic heterocycles. The van der Waals surface area contributed by atoms with Crippen LogP contribution < -0.4 is 0 Å². The number of hydrogen-bond donors (Lipinski definition) is 2. The Bertz CT molecular complexity index is 994. The maximum atomic E-state index is 5.40. The van der Waals surface area contributed by atoms with Gasteiger partial charge in [0.25, 0.3) is 0 Å². The van der Waals surface area contributed by atoms with E-state index in [0.29, 0.717) is 4.77 Å². The molecule has 2 aromatic carbocycles. The number of aromatic amines is 2. The molecule has 0 aliphatic carbocycles. The lowest BCUT2D eigenvalue weighted by Gasteiger charge is -2.06. The zero-order valence-electron chi connectivity index (χ0n) is 12.5. The molecule has 4 rings (SSSR count). The molecule has 0 fully saturated rings. The van der Waals surface area contributed by atoms with E-state index in [1.807, 2.05) is 36.4 Å². The molecule has 2 N–H and O–H groups in total. The van der Waals surface area contributed by atoms with Gasteiger partial charge in [-0.05, 0) is 30.3 Å². The van der Waals surface area contributed by atoms with Crippen molar-refractivity contribution in [3.8, 4) is 11.4 Å². The quantitative estimate of drug-likeness (QED) is 0.550. The number of para-hydroxylation sites is 1. The standard InChI is InChI=1S/C18H16N4S/c23-18-21-20-17(13-6-2-1-3-7-13)22(18)11-10-14-12-19-16-9-5-4-8-15(14)16/h1-9,12,19H,10-11H2,(H,21,23). The highest BCUT2D eigenvalue weighted by atomic mass is 32.1. The molecule has 0 radical (unpaired) electrons. The highest BCUT2D eigenvalue weighted by molar-refractivity contribution is 7.71. The second-order valence-corrected chi connectivity index (χ2v) is 5.87. The monoisotopic (exact) mass is 320 g/mol. The summed E-state index contributed by atoms with van der Waals surface area (Å²) < 4.78 is 2.72. The number of hydrogen-bond acceptors (Lipinski definition) is 2. The number of aromatic nitrogens is 4. The Balaban J connectivity index is 1.65. The fourth-order valence-corrected chi connectivity index (χ4v) is 3.13. The Labute approximate surface area is 138 Å². The van der Waals surface area contributed by atoms with Crippen molar-refractivity contribution in [1.82, 2.24) is 19.7 Å². The van der Waals surface area contributed by atoms with Crippen LogP contribution in [0.3, 0.4) is 0 Å². The largest absolute Gasteiger partial charge is 0.361 e. The van der Waals surface area contributed by atoms with Gasteiger partial charge in [-0.2, -0.15) is 5.10 Å². The van der Waals surface area contributed by atoms with Gasteiger partial charge < -0.3 is 4.98 Å². The lowest BCUT2D eigenvalue weighted by molar-refractivity contribution is 0.694. The number of rotatable bonds is 4. The number of H-pyrrole nitrogens is 2. The van der Waals surface area contributed by atoms with E-state index >= 15 is 0 Å². The van der Waals surface area contributed by atoms with Crippen LogP contribution in [-0.4, -0.2) is 19.7 Å². The van der Waals surface area contributed by atoms with Crippen LogP contribution in [0.15, 0.2) is 60.8 Å². The van der Waals surface area contributed by atoms with E-state index in [4.69, 9.17) is 12.2 Å². The minimum Gasteiger partial charge on any atom is -0.361 e. The first kappa shape index (κ1) is 14.0. The average molecular weight is 320 g/mol. The molecule has 114 valence electrons. The second-order valence-electron chi connectivity index (χ2n) is 5.48.